The summed E-state index contributed by atoms with van der Waals surface area (Å²) >= 11 is 1.76. The van der Waals surface area contributed by atoms with Crippen molar-refractivity contribution in [1.29, 1.82) is 0 Å². The van der Waals surface area contributed by atoms with Gasteiger partial charge in [-0.2, -0.15) is 16.4 Å². The number of hydrogen-bond acceptors (Lipinski definition) is 3. The molecule has 2 heterocycles. The molecule has 0 atom stereocenters. The van der Waals surface area contributed by atoms with Gasteiger partial charge < -0.3 is 5.32 Å². The Kier molecular flexibility index (Phi) is 3.18. The second kappa shape index (κ2) is 4.59. The first-order chi connectivity index (χ1) is 7.27. The normalized spacial score (nSPS) is 10.8. The maximum absolute atomic E-state index is 4.13. The fraction of sp³-hybridized carbons (Fsp3) is 0.364. The lowest BCUT2D eigenvalue weighted by molar-refractivity contribution is 0.626. The second-order valence-corrected chi connectivity index (χ2v) is 4.37. The van der Waals surface area contributed by atoms with E-state index in [2.05, 4.69) is 28.1 Å². The molecule has 0 fully saturated rings. The molecule has 1 N–H and O–H groups in total. The van der Waals surface area contributed by atoms with Gasteiger partial charge in [0.05, 0.1) is 5.69 Å². The lowest BCUT2D eigenvalue weighted by atomic mass is 10.2. The maximum Gasteiger partial charge on any atom is 0.0518 e. The van der Waals surface area contributed by atoms with Gasteiger partial charge in [-0.15, -0.1) is 0 Å². The highest BCUT2D eigenvalue weighted by Crippen LogP contribution is 2.13. The third-order valence-electron chi connectivity index (χ3n) is 2.51. The van der Waals surface area contributed by atoms with Gasteiger partial charge in [-0.3, -0.25) is 4.68 Å². The highest BCUT2D eigenvalue weighted by atomic mass is 32.1. The van der Waals surface area contributed by atoms with Crippen LogP contribution < -0.4 is 5.32 Å². The van der Waals surface area contributed by atoms with E-state index >= 15 is 0 Å². The monoisotopic (exact) mass is 221 g/mol. The van der Waals surface area contributed by atoms with Gasteiger partial charge in [0.1, 0.15) is 0 Å². The van der Waals surface area contributed by atoms with Crippen molar-refractivity contribution in [3.8, 4) is 0 Å². The van der Waals surface area contributed by atoms with E-state index in [4.69, 9.17) is 0 Å². The Morgan fingerprint density at radius 3 is 2.87 bits per heavy atom. The Morgan fingerprint density at radius 2 is 2.27 bits per heavy atom. The number of nitrogens with zero attached hydrogens (tertiary/aromatic N) is 2. The summed E-state index contributed by atoms with van der Waals surface area (Å²) in [5.41, 5.74) is 3.97. The Labute approximate surface area is 93.7 Å². The minimum Gasteiger partial charge on any atom is -0.307 e. The van der Waals surface area contributed by atoms with Crippen molar-refractivity contribution in [2.45, 2.75) is 20.0 Å². The van der Waals surface area contributed by atoms with Crippen LogP contribution in [0.25, 0.3) is 0 Å². The van der Waals surface area contributed by atoms with E-state index in [9.17, 15) is 0 Å². The summed E-state index contributed by atoms with van der Waals surface area (Å²) in [5.74, 6) is 0. The zero-order valence-corrected chi connectivity index (χ0v) is 9.84. The quantitative estimate of drug-likeness (QED) is 0.856. The molecule has 0 saturated carbocycles. The summed E-state index contributed by atoms with van der Waals surface area (Å²) in [6.45, 7) is 3.95. The Morgan fingerprint density at radius 1 is 1.40 bits per heavy atom. The van der Waals surface area contributed by atoms with E-state index in [1.165, 1.54) is 16.8 Å². The molecule has 0 unspecified atom stereocenters. The molecule has 80 valence electrons. The lowest BCUT2D eigenvalue weighted by Crippen LogP contribution is -2.15. The maximum atomic E-state index is 4.13. The number of hydrogen-bond donors (Lipinski definition) is 1. The molecule has 0 aliphatic heterocycles. The van der Waals surface area contributed by atoms with Crippen LogP contribution in [0.3, 0.4) is 0 Å². The Bertz CT molecular complexity index is 390. The van der Waals surface area contributed by atoms with Crippen LogP contribution in [0.15, 0.2) is 23.0 Å². The van der Waals surface area contributed by atoms with Crippen molar-refractivity contribution < 1.29 is 0 Å². The zero-order chi connectivity index (χ0) is 10.7. The first-order valence-electron chi connectivity index (χ1n) is 4.96. The third-order valence-corrected chi connectivity index (χ3v) is 3.42. The molecule has 0 spiro atoms. The van der Waals surface area contributed by atoms with E-state index < -0.39 is 0 Å². The van der Waals surface area contributed by atoms with Crippen LogP contribution in [0.5, 0.6) is 0 Å². The van der Waals surface area contributed by atoms with Crippen LogP contribution >= 0.6 is 11.3 Å². The van der Waals surface area contributed by atoms with E-state index in [0.29, 0.717) is 0 Å². The third kappa shape index (κ3) is 2.46. The first kappa shape index (κ1) is 10.4. The van der Waals surface area contributed by atoms with E-state index in [1.54, 1.807) is 11.3 Å². The zero-order valence-electron chi connectivity index (χ0n) is 9.03. The molecule has 2 aromatic rings. The molecule has 0 aromatic carbocycles. The van der Waals surface area contributed by atoms with Crippen molar-refractivity contribution in [3.05, 3.63) is 39.8 Å². The van der Waals surface area contributed by atoms with Gasteiger partial charge in [0.2, 0.25) is 0 Å². The van der Waals surface area contributed by atoms with Crippen molar-refractivity contribution in [2.24, 2.45) is 7.05 Å². The average Bonchev–Trinajstić information content (AvgIpc) is 2.78. The first-order valence-corrected chi connectivity index (χ1v) is 5.91. The minimum absolute atomic E-state index is 0.867. The molecule has 0 bridgehead atoms. The van der Waals surface area contributed by atoms with Crippen LogP contribution in [-0.2, 0) is 20.1 Å². The van der Waals surface area contributed by atoms with Crippen molar-refractivity contribution >= 4 is 11.3 Å². The largest absolute Gasteiger partial charge is 0.307 e. The van der Waals surface area contributed by atoms with E-state index in [-0.39, 0.29) is 0 Å². The molecule has 2 rings (SSSR count). The van der Waals surface area contributed by atoms with Gasteiger partial charge in [-0.1, -0.05) is 0 Å². The van der Waals surface area contributed by atoms with Crippen molar-refractivity contribution in [1.82, 2.24) is 15.1 Å². The van der Waals surface area contributed by atoms with Crippen LogP contribution in [0.4, 0.5) is 0 Å². The molecule has 15 heavy (non-hydrogen) atoms. The summed E-state index contributed by atoms with van der Waals surface area (Å²) in [6.07, 6.45) is 1.83. The number of rotatable bonds is 4. The molecular weight excluding hydrogens is 206 g/mol. The average molecular weight is 221 g/mol. The molecule has 0 aliphatic carbocycles. The standard InChI is InChI=1S/C11H15N3S/c1-9-7-15-8-10(9)5-12-6-11-3-4-13-14(11)2/h3-4,7-8,12H,5-6H2,1-2H3. The fourth-order valence-electron chi connectivity index (χ4n) is 1.47. The molecule has 0 saturated heterocycles. The van der Waals surface area contributed by atoms with E-state index in [0.717, 1.165) is 13.1 Å². The van der Waals surface area contributed by atoms with Gasteiger partial charge in [0.15, 0.2) is 0 Å². The minimum atomic E-state index is 0.867. The number of aryl methyl sites for hydroxylation is 2. The van der Waals surface area contributed by atoms with Gasteiger partial charge in [0.25, 0.3) is 0 Å². The smallest absolute Gasteiger partial charge is 0.0518 e. The molecule has 0 radical (unpaired) electrons. The van der Waals surface area contributed by atoms with Crippen molar-refractivity contribution in [3.63, 3.8) is 0 Å². The predicted molar refractivity (Wildman–Crippen MR) is 62.8 cm³/mol. The van der Waals surface area contributed by atoms with Gasteiger partial charge in [-0.25, -0.2) is 0 Å². The number of aromatic nitrogens is 2. The summed E-state index contributed by atoms with van der Waals surface area (Å²) in [4.78, 5) is 0. The van der Waals surface area contributed by atoms with Gasteiger partial charge in [0, 0.05) is 26.3 Å². The molecule has 4 heteroatoms. The van der Waals surface area contributed by atoms with Gasteiger partial charge >= 0.3 is 0 Å². The summed E-state index contributed by atoms with van der Waals surface area (Å²) in [7, 11) is 1.97. The van der Waals surface area contributed by atoms with Crippen LogP contribution in [0.1, 0.15) is 16.8 Å². The van der Waals surface area contributed by atoms with Crippen LogP contribution in [0.2, 0.25) is 0 Å². The lowest BCUT2D eigenvalue weighted by Gasteiger charge is -2.04. The summed E-state index contributed by atoms with van der Waals surface area (Å²) in [6, 6.07) is 2.04. The van der Waals surface area contributed by atoms with Crippen molar-refractivity contribution in [2.75, 3.05) is 0 Å². The highest BCUT2D eigenvalue weighted by Gasteiger charge is 2.00. The summed E-state index contributed by atoms with van der Waals surface area (Å²) in [5, 5.41) is 11.9. The van der Waals surface area contributed by atoms with Crippen LogP contribution in [-0.4, -0.2) is 9.78 Å². The molecule has 0 amide bonds. The van der Waals surface area contributed by atoms with Gasteiger partial charge in [-0.05, 0) is 34.9 Å². The molecular formula is C11H15N3S. The SMILES string of the molecule is Cc1cscc1CNCc1ccnn1C. The predicted octanol–water partition coefficient (Wildman–Crippen LogP) is 2.08. The number of nitrogens with one attached hydrogen (secondary N) is 1. The fourth-order valence-corrected chi connectivity index (χ4v) is 2.32. The molecule has 2 aromatic heterocycles. The van der Waals surface area contributed by atoms with Crippen LogP contribution in [0, 0.1) is 6.92 Å². The topological polar surface area (TPSA) is 29.9 Å². The van der Waals surface area contributed by atoms with E-state index in [1.807, 2.05) is 24.0 Å². The second-order valence-electron chi connectivity index (χ2n) is 3.63. The Balaban J connectivity index is 1.86. The highest BCUT2D eigenvalue weighted by molar-refractivity contribution is 7.08. The molecule has 0 aliphatic rings. The number of thiophene rings is 1. The molecule has 3 nitrogen and oxygen atoms in total. The summed E-state index contributed by atoms with van der Waals surface area (Å²) < 4.78 is 1.90. The Hall–Kier alpha value is -1.13.